The minimum atomic E-state index is -1.07. The molecule has 0 saturated heterocycles. The van der Waals surface area contributed by atoms with Crippen molar-refractivity contribution in [1.29, 1.82) is 0 Å². The van der Waals surface area contributed by atoms with E-state index in [4.69, 9.17) is 9.47 Å². The number of rotatable bonds is 9. The third-order valence-electron chi connectivity index (χ3n) is 3.72. The van der Waals surface area contributed by atoms with E-state index in [1.807, 2.05) is 17.5 Å². The Kier molecular flexibility index (Phi) is 7.30. The molecule has 0 bridgehead atoms. The van der Waals surface area contributed by atoms with Gasteiger partial charge in [0.15, 0.2) is 6.10 Å². The zero-order valence-electron chi connectivity index (χ0n) is 15.0. The Morgan fingerprint density at radius 2 is 2.11 bits per heavy atom. The Morgan fingerprint density at radius 3 is 2.74 bits per heavy atom. The predicted molar refractivity (Wildman–Crippen MR) is 101 cm³/mol. The number of carbonyl (C=O) groups excluding carboxylic acids is 2. The van der Waals surface area contributed by atoms with Crippen LogP contribution in [0.4, 0.5) is 11.4 Å². The quantitative estimate of drug-likeness (QED) is 0.397. The molecule has 8 nitrogen and oxygen atoms in total. The fourth-order valence-electron chi connectivity index (χ4n) is 2.30. The first-order valence-corrected chi connectivity index (χ1v) is 9.14. The van der Waals surface area contributed by atoms with Gasteiger partial charge in [0.2, 0.25) is 0 Å². The molecule has 0 aliphatic carbocycles. The predicted octanol–water partition coefficient (Wildman–Crippen LogP) is 3.56. The molecular weight excluding hydrogens is 372 g/mol. The SMILES string of the molecule is COc1ccc(NC(=O)C(C)OC(=O)CCCc2cccs2)c([N+](=O)[O-])c1. The van der Waals surface area contributed by atoms with Crippen molar-refractivity contribution in [1.82, 2.24) is 0 Å². The van der Waals surface area contributed by atoms with Gasteiger partial charge in [0, 0.05) is 11.3 Å². The van der Waals surface area contributed by atoms with Crippen molar-refractivity contribution in [3.63, 3.8) is 0 Å². The van der Waals surface area contributed by atoms with Gasteiger partial charge in [0.05, 0.1) is 18.1 Å². The lowest BCUT2D eigenvalue weighted by Crippen LogP contribution is -2.30. The van der Waals surface area contributed by atoms with Crippen LogP contribution < -0.4 is 10.1 Å². The fraction of sp³-hybridized carbons (Fsp3) is 0.333. The van der Waals surface area contributed by atoms with Gasteiger partial charge in [-0.1, -0.05) is 6.07 Å². The monoisotopic (exact) mass is 392 g/mol. The smallest absolute Gasteiger partial charge is 0.306 e. The number of esters is 1. The van der Waals surface area contributed by atoms with E-state index in [0.29, 0.717) is 12.2 Å². The number of ether oxygens (including phenoxy) is 2. The molecule has 0 fully saturated rings. The van der Waals surface area contributed by atoms with Crippen LogP contribution in [0.3, 0.4) is 0 Å². The summed E-state index contributed by atoms with van der Waals surface area (Å²) < 4.78 is 10.1. The maximum atomic E-state index is 12.2. The largest absolute Gasteiger partial charge is 0.496 e. The van der Waals surface area contributed by atoms with Crippen LogP contribution in [0.2, 0.25) is 0 Å². The van der Waals surface area contributed by atoms with Crippen LogP contribution in [0.1, 0.15) is 24.6 Å². The first-order chi connectivity index (χ1) is 12.9. The van der Waals surface area contributed by atoms with Gasteiger partial charge in [-0.05, 0) is 43.3 Å². The molecule has 1 heterocycles. The molecule has 1 N–H and O–H groups in total. The summed E-state index contributed by atoms with van der Waals surface area (Å²) in [4.78, 5) is 35.8. The summed E-state index contributed by atoms with van der Waals surface area (Å²) in [6, 6.07) is 8.00. The van der Waals surface area contributed by atoms with E-state index in [-0.39, 0.29) is 17.8 Å². The molecule has 0 aliphatic heterocycles. The molecule has 2 aromatic rings. The van der Waals surface area contributed by atoms with Gasteiger partial charge >= 0.3 is 5.97 Å². The number of nitrogens with one attached hydrogen (secondary N) is 1. The lowest BCUT2D eigenvalue weighted by molar-refractivity contribution is -0.384. The third kappa shape index (κ3) is 6.07. The van der Waals surface area contributed by atoms with Crippen molar-refractivity contribution < 1.29 is 24.0 Å². The van der Waals surface area contributed by atoms with E-state index in [0.717, 1.165) is 6.42 Å². The van der Waals surface area contributed by atoms with Crippen LogP contribution in [0.15, 0.2) is 35.7 Å². The van der Waals surface area contributed by atoms with Crippen molar-refractivity contribution in [3.05, 3.63) is 50.7 Å². The Bertz CT molecular complexity index is 806. The molecule has 1 unspecified atom stereocenters. The summed E-state index contributed by atoms with van der Waals surface area (Å²) in [6.07, 6.45) is 0.516. The minimum Gasteiger partial charge on any atom is -0.496 e. The highest BCUT2D eigenvalue weighted by Crippen LogP contribution is 2.29. The molecular formula is C18H20N2O6S. The molecule has 0 radical (unpaired) electrons. The summed E-state index contributed by atoms with van der Waals surface area (Å²) in [5, 5.41) is 15.5. The average Bonchev–Trinajstić information content (AvgIpc) is 3.15. The zero-order valence-corrected chi connectivity index (χ0v) is 15.8. The number of nitro groups is 1. The van der Waals surface area contributed by atoms with Crippen molar-refractivity contribution >= 4 is 34.6 Å². The van der Waals surface area contributed by atoms with Crippen LogP contribution in [0.5, 0.6) is 5.75 Å². The number of hydrogen-bond acceptors (Lipinski definition) is 7. The summed E-state index contributed by atoms with van der Waals surface area (Å²) >= 11 is 1.62. The first kappa shape index (κ1) is 20.4. The number of thiophene rings is 1. The second-order valence-electron chi connectivity index (χ2n) is 5.69. The van der Waals surface area contributed by atoms with Crippen molar-refractivity contribution in [2.75, 3.05) is 12.4 Å². The van der Waals surface area contributed by atoms with Crippen LogP contribution in [0.25, 0.3) is 0 Å². The van der Waals surface area contributed by atoms with E-state index in [1.54, 1.807) is 11.3 Å². The van der Waals surface area contributed by atoms with Crippen LogP contribution >= 0.6 is 11.3 Å². The molecule has 0 spiro atoms. The van der Waals surface area contributed by atoms with Gasteiger partial charge in [-0.15, -0.1) is 11.3 Å². The molecule has 1 aromatic carbocycles. The number of amides is 1. The van der Waals surface area contributed by atoms with Crippen molar-refractivity contribution in [2.24, 2.45) is 0 Å². The Hall–Kier alpha value is -2.94. The highest BCUT2D eigenvalue weighted by atomic mass is 32.1. The van der Waals surface area contributed by atoms with Crippen molar-refractivity contribution in [2.45, 2.75) is 32.3 Å². The Labute approximate surface area is 160 Å². The van der Waals surface area contributed by atoms with Gasteiger partial charge in [-0.25, -0.2) is 0 Å². The number of nitrogens with zero attached hydrogens (tertiary/aromatic N) is 1. The Balaban J connectivity index is 1.87. The summed E-state index contributed by atoms with van der Waals surface area (Å²) in [5.41, 5.74) is -0.302. The van der Waals surface area contributed by atoms with E-state index < -0.39 is 22.9 Å². The lowest BCUT2D eigenvalue weighted by Gasteiger charge is -2.14. The number of methoxy groups -OCH3 is 1. The third-order valence-corrected chi connectivity index (χ3v) is 4.66. The van der Waals surface area contributed by atoms with Crippen LogP contribution in [-0.2, 0) is 20.7 Å². The number of anilines is 1. The first-order valence-electron chi connectivity index (χ1n) is 8.26. The fourth-order valence-corrected chi connectivity index (χ4v) is 3.05. The highest BCUT2D eigenvalue weighted by Gasteiger charge is 2.22. The summed E-state index contributed by atoms with van der Waals surface area (Å²) in [5.74, 6) is -0.835. The lowest BCUT2D eigenvalue weighted by atomic mass is 10.2. The van der Waals surface area contributed by atoms with E-state index >= 15 is 0 Å². The van der Waals surface area contributed by atoms with E-state index in [1.165, 1.54) is 37.1 Å². The molecule has 144 valence electrons. The normalized spacial score (nSPS) is 11.5. The van der Waals surface area contributed by atoms with E-state index in [9.17, 15) is 19.7 Å². The molecule has 1 atom stereocenters. The standard InChI is InChI=1S/C18H20N2O6S/c1-12(26-17(21)7-3-5-14-6-4-10-27-14)18(22)19-15-9-8-13(25-2)11-16(15)20(23)24/h4,6,8-12H,3,5,7H2,1-2H3,(H,19,22). The number of benzene rings is 1. The highest BCUT2D eigenvalue weighted by molar-refractivity contribution is 7.09. The zero-order chi connectivity index (χ0) is 19.8. The second-order valence-corrected chi connectivity index (χ2v) is 6.73. The van der Waals surface area contributed by atoms with Gasteiger partial charge < -0.3 is 14.8 Å². The van der Waals surface area contributed by atoms with Gasteiger partial charge in [-0.2, -0.15) is 0 Å². The maximum absolute atomic E-state index is 12.2. The molecule has 0 saturated carbocycles. The number of aryl methyl sites for hydroxylation is 1. The maximum Gasteiger partial charge on any atom is 0.306 e. The van der Waals surface area contributed by atoms with Crippen LogP contribution in [0, 0.1) is 10.1 Å². The van der Waals surface area contributed by atoms with Crippen LogP contribution in [-0.4, -0.2) is 30.0 Å². The Morgan fingerprint density at radius 1 is 1.33 bits per heavy atom. The molecule has 2 rings (SSSR count). The topological polar surface area (TPSA) is 108 Å². The number of carbonyl (C=O) groups is 2. The molecule has 1 aromatic heterocycles. The van der Waals surface area contributed by atoms with E-state index in [2.05, 4.69) is 5.32 Å². The number of hydrogen-bond donors (Lipinski definition) is 1. The second kappa shape index (κ2) is 9.67. The summed E-state index contributed by atoms with van der Waals surface area (Å²) in [7, 11) is 1.39. The van der Waals surface area contributed by atoms with Gasteiger partial charge in [-0.3, -0.25) is 19.7 Å². The average molecular weight is 392 g/mol. The number of nitro benzene ring substituents is 1. The van der Waals surface area contributed by atoms with Gasteiger partial charge in [0.25, 0.3) is 11.6 Å². The summed E-state index contributed by atoms with van der Waals surface area (Å²) in [6.45, 7) is 1.42. The molecule has 0 aliphatic rings. The van der Waals surface area contributed by atoms with Crippen molar-refractivity contribution in [3.8, 4) is 5.75 Å². The molecule has 27 heavy (non-hydrogen) atoms. The molecule has 1 amide bonds. The van der Waals surface area contributed by atoms with Gasteiger partial charge in [0.1, 0.15) is 11.4 Å². The minimum absolute atomic E-state index is 0.00592. The molecule has 9 heteroatoms.